The number of carbonyl (C=O) groups excluding carboxylic acids is 2. The van der Waals surface area contributed by atoms with Crippen molar-refractivity contribution >= 4 is 11.6 Å². The predicted molar refractivity (Wildman–Crippen MR) is 143 cm³/mol. The van der Waals surface area contributed by atoms with Gasteiger partial charge in [-0.3, -0.25) is 9.59 Å². The van der Waals surface area contributed by atoms with Crippen LogP contribution in [-0.4, -0.2) is 33.0 Å². The minimum atomic E-state index is -1.99. The average Bonchev–Trinajstić information content (AvgIpc) is 2.85. The first kappa shape index (κ1) is 26.1. The lowest BCUT2D eigenvalue weighted by atomic mass is 9.36. The van der Waals surface area contributed by atoms with E-state index in [4.69, 9.17) is 4.74 Å². The van der Waals surface area contributed by atoms with Gasteiger partial charge in [0, 0.05) is 12.3 Å². The summed E-state index contributed by atoms with van der Waals surface area (Å²) in [5.74, 6) is -1.18. The number of aliphatic hydroxyl groups is 2. The molecule has 2 fully saturated rings. The summed E-state index contributed by atoms with van der Waals surface area (Å²) in [6, 6.07) is 9.51. The Labute approximate surface area is 220 Å². The zero-order chi connectivity index (χ0) is 27.0. The first-order chi connectivity index (χ1) is 17.3. The summed E-state index contributed by atoms with van der Waals surface area (Å²) in [6.45, 7) is 11.7. The molecule has 2 N–H and O–H groups in total. The fraction of sp³-hybridized carbons (Fsp3) is 0.562. The molecule has 5 aliphatic rings. The van der Waals surface area contributed by atoms with Gasteiger partial charge in [0.1, 0.15) is 11.4 Å². The van der Waals surface area contributed by atoms with E-state index in [2.05, 4.69) is 32.9 Å². The topological polar surface area (TPSA) is 83.8 Å². The Kier molecular flexibility index (Phi) is 6.00. The quantitative estimate of drug-likeness (QED) is 0.459. The number of carbonyl (C=O) groups is 2. The van der Waals surface area contributed by atoms with Gasteiger partial charge in [-0.2, -0.15) is 0 Å². The van der Waals surface area contributed by atoms with Gasteiger partial charge in [0.2, 0.25) is 0 Å². The van der Waals surface area contributed by atoms with Crippen LogP contribution in [0.3, 0.4) is 0 Å². The normalized spacial score (nSPS) is 43.0. The van der Waals surface area contributed by atoms with Gasteiger partial charge >= 0.3 is 0 Å². The molecule has 6 rings (SSSR count). The lowest BCUT2D eigenvalue weighted by Gasteiger charge is -2.69. The van der Waals surface area contributed by atoms with Crippen LogP contribution < -0.4 is 0 Å². The Morgan fingerprint density at radius 2 is 1.73 bits per heavy atom. The van der Waals surface area contributed by atoms with Crippen LogP contribution in [0.2, 0.25) is 0 Å². The smallest absolute Gasteiger partial charge is 0.181 e. The van der Waals surface area contributed by atoms with E-state index in [1.165, 1.54) is 18.1 Å². The van der Waals surface area contributed by atoms with Gasteiger partial charge in [0.25, 0.3) is 0 Å². The molecule has 4 aliphatic carbocycles. The highest BCUT2D eigenvalue weighted by Crippen LogP contribution is 2.72. The second-order valence-corrected chi connectivity index (χ2v) is 12.5. The van der Waals surface area contributed by atoms with Crippen molar-refractivity contribution in [2.75, 3.05) is 0 Å². The van der Waals surface area contributed by atoms with Crippen LogP contribution in [0.4, 0.5) is 0 Å². The highest BCUT2D eigenvalue weighted by Gasteiger charge is 2.81. The van der Waals surface area contributed by atoms with E-state index in [1.807, 2.05) is 37.3 Å². The largest absolute Gasteiger partial charge is 0.511 e. The van der Waals surface area contributed by atoms with Crippen molar-refractivity contribution in [1.29, 1.82) is 0 Å². The van der Waals surface area contributed by atoms with Crippen LogP contribution in [-0.2, 0) is 14.3 Å². The molecule has 0 unspecified atom stereocenters. The molecule has 1 heterocycles. The fourth-order valence-electron chi connectivity index (χ4n) is 7.70. The molecule has 0 radical (unpaired) electrons. The maximum absolute atomic E-state index is 14.3. The number of ether oxygens (including phenoxy) is 1. The van der Waals surface area contributed by atoms with E-state index in [0.717, 1.165) is 24.8 Å². The maximum Gasteiger partial charge on any atom is 0.181 e. The molecule has 1 saturated carbocycles. The predicted octanol–water partition coefficient (Wildman–Crippen LogP) is 6.35. The molecule has 198 valence electrons. The molecule has 6 atom stereocenters. The molecule has 2 bridgehead atoms. The van der Waals surface area contributed by atoms with Gasteiger partial charge in [-0.25, -0.2) is 0 Å². The van der Waals surface area contributed by atoms with Crippen LogP contribution in [0.15, 0.2) is 65.0 Å². The maximum atomic E-state index is 14.3. The van der Waals surface area contributed by atoms with Gasteiger partial charge in [-0.05, 0) is 63.4 Å². The summed E-state index contributed by atoms with van der Waals surface area (Å²) in [7, 11) is 0. The second kappa shape index (κ2) is 8.51. The summed E-state index contributed by atoms with van der Waals surface area (Å²) >= 11 is 0. The van der Waals surface area contributed by atoms with Gasteiger partial charge in [0.05, 0.1) is 17.1 Å². The highest BCUT2D eigenvalue weighted by atomic mass is 16.5. The third-order valence-electron chi connectivity index (χ3n) is 10.2. The standard InChI is InChI=1S/C32H40O5/c1-19(2)22-15-14-20(3)11-10-16-29(4)25(17-22)32-26(27(34)30(29,5)28(35)31(32,6)36)23(33)18-24(37-32)21-12-8-7-9-13-21/h7-9,11-13,17,19,24-25,34,36H,10,14-16,18H2,1-6H3/b20-11+,22-17+/t24-,25-,29-,30-,31-,32-/m0/s1. The SMILES string of the molecule is C/C1=C\CC[C@@]2(C)[C@H](/C=C(/C(C)C)CC1)[C@]13O[C@H](c4ccccc4)CC(=O)C1=C(O)[C@@]2(C)C(=O)[C@]3(C)O. The Morgan fingerprint density at radius 1 is 1.05 bits per heavy atom. The fourth-order valence-corrected chi connectivity index (χ4v) is 7.70. The number of hydrogen-bond donors (Lipinski definition) is 2. The van der Waals surface area contributed by atoms with Gasteiger partial charge in [0.15, 0.2) is 17.2 Å². The van der Waals surface area contributed by atoms with Crippen molar-refractivity contribution < 1.29 is 24.5 Å². The van der Waals surface area contributed by atoms with Crippen LogP contribution in [0, 0.1) is 22.7 Å². The molecule has 1 spiro atoms. The van der Waals surface area contributed by atoms with Crippen LogP contribution in [0.25, 0.3) is 0 Å². The number of Topliss-reactive ketones (excluding diaryl/α,β-unsaturated/α-hetero) is 2. The minimum absolute atomic E-state index is 0.0532. The number of aliphatic hydroxyl groups excluding tert-OH is 1. The number of allylic oxidation sites excluding steroid dienone is 4. The van der Waals surface area contributed by atoms with E-state index in [9.17, 15) is 19.8 Å². The monoisotopic (exact) mass is 504 g/mol. The van der Waals surface area contributed by atoms with E-state index < -0.39 is 39.8 Å². The molecule has 5 heteroatoms. The number of ketones is 2. The number of benzene rings is 1. The van der Waals surface area contributed by atoms with Gasteiger partial charge < -0.3 is 14.9 Å². The van der Waals surface area contributed by atoms with E-state index >= 15 is 0 Å². The summed E-state index contributed by atoms with van der Waals surface area (Å²) < 4.78 is 6.91. The molecule has 5 nitrogen and oxygen atoms in total. The van der Waals surface area contributed by atoms with Gasteiger partial charge in [-0.15, -0.1) is 0 Å². The van der Waals surface area contributed by atoms with Crippen LogP contribution in [0.1, 0.15) is 85.3 Å². The Morgan fingerprint density at radius 3 is 2.38 bits per heavy atom. The third-order valence-corrected chi connectivity index (χ3v) is 10.2. The van der Waals surface area contributed by atoms with Crippen molar-refractivity contribution in [2.24, 2.45) is 22.7 Å². The molecule has 37 heavy (non-hydrogen) atoms. The molecule has 0 aromatic heterocycles. The van der Waals surface area contributed by atoms with Crippen molar-refractivity contribution in [3.8, 4) is 0 Å². The lowest BCUT2D eigenvalue weighted by Crippen LogP contribution is -2.81. The zero-order valence-electron chi connectivity index (χ0n) is 22.9. The summed E-state index contributed by atoms with van der Waals surface area (Å²) in [5.41, 5.74) is -2.44. The lowest BCUT2D eigenvalue weighted by molar-refractivity contribution is -0.270. The molecular weight excluding hydrogens is 464 g/mol. The Balaban J connectivity index is 1.84. The van der Waals surface area contributed by atoms with Crippen LogP contribution in [0.5, 0.6) is 0 Å². The van der Waals surface area contributed by atoms with Gasteiger partial charge in [-0.1, -0.05) is 74.4 Å². The van der Waals surface area contributed by atoms with E-state index in [1.54, 1.807) is 6.92 Å². The number of hydrogen-bond acceptors (Lipinski definition) is 5. The van der Waals surface area contributed by atoms with Crippen molar-refractivity contribution in [3.63, 3.8) is 0 Å². The minimum Gasteiger partial charge on any atom is -0.511 e. The number of rotatable bonds is 2. The Hall–Kier alpha value is -2.50. The summed E-state index contributed by atoms with van der Waals surface area (Å²) in [6.07, 6.45) is 7.01. The first-order valence-electron chi connectivity index (χ1n) is 13.7. The van der Waals surface area contributed by atoms with E-state index in [-0.39, 0.29) is 29.5 Å². The average molecular weight is 505 g/mol. The van der Waals surface area contributed by atoms with Crippen molar-refractivity contribution in [2.45, 2.75) is 91.0 Å². The number of fused-ring (bicyclic) bond motifs is 1. The molecule has 1 aromatic rings. The van der Waals surface area contributed by atoms with Crippen LogP contribution >= 0.6 is 0 Å². The molecular formula is C32H40O5. The second-order valence-electron chi connectivity index (χ2n) is 12.5. The van der Waals surface area contributed by atoms with E-state index in [0.29, 0.717) is 6.42 Å². The Bertz CT molecular complexity index is 1230. The zero-order valence-corrected chi connectivity index (χ0v) is 22.9. The molecule has 1 saturated heterocycles. The summed E-state index contributed by atoms with van der Waals surface area (Å²) in [5, 5.41) is 24.0. The molecule has 1 aromatic carbocycles. The van der Waals surface area contributed by atoms with Crippen molar-refractivity contribution in [1.82, 2.24) is 0 Å². The molecule has 0 amide bonds. The molecule has 1 aliphatic heterocycles. The van der Waals surface area contributed by atoms with Crippen molar-refractivity contribution in [3.05, 3.63) is 70.5 Å². The third kappa shape index (κ3) is 3.29. The first-order valence-corrected chi connectivity index (χ1v) is 13.7. The summed E-state index contributed by atoms with van der Waals surface area (Å²) in [4.78, 5) is 28.2. The highest BCUT2D eigenvalue weighted by molar-refractivity contribution is 6.09.